The van der Waals surface area contributed by atoms with Crippen molar-refractivity contribution < 1.29 is 9.50 Å². The molecule has 1 aliphatic rings. The van der Waals surface area contributed by atoms with Gasteiger partial charge in [0.25, 0.3) is 0 Å². The third-order valence-electron chi connectivity index (χ3n) is 4.31. The van der Waals surface area contributed by atoms with Gasteiger partial charge >= 0.3 is 0 Å². The number of aliphatic hydroxyl groups is 1. The Morgan fingerprint density at radius 1 is 1.43 bits per heavy atom. The van der Waals surface area contributed by atoms with Crippen LogP contribution in [-0.4, -0.2) is 42.3 Å². The number of benzene rings is 1. The fourth-order valence-corrected chi connectivity index (χ4v) is 2.98. The van der Waals surface area contributed by atoms with Gasteiger partial charge in [0.1, 0.15) is 5.82 Å². The molecule has 2 N–H and O–H groups in total. The van der Waals surface area contributed by atoms with Gasteiger partial charge in [0.2, 0.25) is 0 Å². The van der Waals surface area contributed by atoms with Crippen LogP contribution >= 0.6 is 11.6 Å². The molecule has 1 saturated heterocycles. The van der Waals surface area contributed by atoms with Crippen molar-refractivity contribution in [1.29, 1.82) is 0 Å². The summed E-state index contributed by atoms with van der Waals surface area (Å²) in [6.07, 6.45) is 4.31. The molecule has 0 radical (unpaired) electrons. The molecule has 1 aromatic rings. The number of hydrogen-bond donors (Lipinski definition) is 2. The summed E-state index contributed by atoms with van der Waals surface area (Å²) in [5.41, 5.74) is 2.08. The van der Waals surface area contributed by atoms with Gasteiger partial charge in [-0.25, -0.2) is 4.39 Å². The van der Waals surface area contributed by atoms with Gasteiger partial charge in [0, 0.05) is 12.6 Å². The minimum atomic E-state index is -0.444. The van der Waals surface area contributed by atoms with E-state index in [9.17, 15) is 9.50 Å². The van der Waals surface area contributed by atoms with Crippen LogP contribution < -0.4 is 5.32 Å². The molecule has 5 heteroatoms. The van der Waals surface area contributed by atoms with Gasteiger partial charge in [-0.2, -0.15) is 0 Å². The normalized spacial score (nSPS) is 18.0. The number of likely N-dealkylation sites (tertiary alicyclic amines) is 1. The molecule has 1 atom stereocenters. The average Bonchev–Trinajstić information content (AvgIpc) is 2.54. The zero-order chi connectivity index (χ0) is 16.8. The van der Waals surface area contributed by atoms with Crippen molar-refractivity contribution in [3.8, 4) is 0 Å². The van der Waals surface area contributed by atoms with Crippen molar-refractivity contribution in [2.24, 2.45) is 0 Å². The maximum absolute atomic E-state index is 13.6. The number of halogens is 2. The van der Waals surface area contributed by atoms with Crippen molar-refractivity contribution >= 4 is 11.6 Å². The van der Waals surface area contributed by atoms with Crippen molar-refractivity contribution in [2.75, 3.05) is 26.2 Å². The van der Waals surface area contributed by atoms with E-state index in [1.165, 1.54) is 11.6 Å². The van der Waals surface area contributed by atoms with Crippen molar-refractivity contribution in [2.45, 2.75) is 38.8 Å². The van der Waals surface area contributed by atoms with Crippen molar-refractivity contribution in [3.05, 3.63) is 46.3 Å². The SMILES string of the molecule is CC(C)=CCN1CCC(NC(CO)c2ccc(Cl)c(F)c2)CC1. The first-order valence-electron chi connectivity index (χ1n) is 8.17. The Hall–Kier alpha value is -0.940. The molecule has 1 fully saturated rings. The van der Waals surface area contributed by atoms with E-state index in [1.807, 2.05) is 0 Å². The molecule has 1 aliphatic heterocycles. The fourth-order valence-electron chi connectivity index (χ4n) is 2.86. The molecule has 0 aromatic heterocycles. The zero-order valence-corrected chi connectivity index (χ0v) is 14.6. The summed E-state index contributed by atoms with van der Waals surface area (Å²) < 4.78 is 13.6. The minimum absolute atomic E-state index is 0.0565. The maximum atomic E-state index is 13.6. The molecular formula is C18H26ClFN2O. The molecule has 2 rings (SSSR count). The molecule has 1 unspecified atom stereocenters. The second-order valence-corrected chi connectivity index (χ2v) is 6.84. The second kappa shape index (κ2) is 8.78. The number of hydrogen-bond acceptors (Lipinski definition) is 3. The summed E-state index contributed by atoms with van der Waals surface area (Å²) in [5.74, 6) is -0.444. The highest BCUT2D eigenvalue weighted by Crippen LogP contribution is 2.22. The summed E-state index contributed by atoms with van der Waals surface area (Å²) >= 11 is 5.72. The summed E-state index contributed by atoms with van der Waals surface area (Å²) in [4.78, 5) is 2.43. The van der Waals surface area contributed by atoms with Gasteiger partial charge in [0.15, 0.2) is 0 Å². The maximum Gasteiger partial charge on any atom is 0.142 e. The second-order valence-electron chi connectivity index (χ2n) is 6.43. The van der Waals surface area contributed by atoms with Crippen LogP contribution in [0.2, 0.25) is 5.02 Å². The lowest BCUT2D eigenvalue weighted by atomic mass is 10.0. The Bertz CT molecular complexity index is 538. The van der Waals surface area contributed by atoms with E-state index in [0.29, 0.717) is 6.04 Å². The highest BCUT2D eigenvalue weighted by Gasteiger charge is 2.22. The van der Waals surface area contributed by atoms with Crippen molar-refractivity contribution in [3.63, 3.8) is 0 Å². The molecule has 0 amide bonds. The highest BCUT2D eigenvalue weighted by atomic mass is 35.5. The number of aliphatic hydroxyl groups excluding tert-OH is 1. The number of allylic oxidation sites excluding steroid dienone is 1. The van der Waals surface area contributed by atoms with E-state index in [0.717, 1.165) is 38.0 Å². The molecule has 23 heavy (non-hydrogen) atoms. The Balaban J connectivity index is 1.88. The zero-order valence-electron chi connectivity index (χ0n) is 13.9. The molecule has 1 aromatic carbocycles. The Kier molecular flexibility index (Phi) is 7.03. The minimum Gasteiger partial charge on any atom is -0.394 e. The predicted molar refractivity (Wildman–Crippen MR) is 93.3 cm³/mol. The number of rotatable bonds is 6. The topological polar surface area (TPSA) is 35.5 Å². The highest BCUT2D eigenvalue weighted by molar-refractivity contribution is 6.30. The van der Waals surface area contributed by atoms with Crippen LogP contribution in [0.25, 0.3) is 0 Å². The number of piperidine rings is 1. The predicted octanol–water partition coefficient (Wildman–Crippen LogP) is 3.53. The molecule has 1 heterocycles. The molecule has 0 bridgehead atoms. The Labute approximate surface area is 143 Å². The van der Waals surface area contributed by atoms with Crippen LogP contribution in [-0.2, 0) is 0 Å². The van der Waals surface area contributed by atoms with Crippen LogP contribution in [0.15, 0.2) is 29.8 Å². The monoisotopic (exact) mass is 340 g/mol. The Morgan fingerprint density at radius 3 is 2.70 bits per heavy atom. The fraction of sp³-hybridized carbons (Fsp3) is 0.556. The molecule has 128 valence electrons. The van der Waals surface area contributed by atoms with E-state index in [1.54, 1.807) is 12.1 Å². The van der Waals surface area contributed by atoms with Crippen LogP contribution in [0.1, 0.15) is 38.3 Å². The largest absolute Gasteiger partial charge is 0.394 e. The first-order chi connectivity index (χ1) is 11.0. The van der Waals surface area contributed by atoms with Crippen LogP contribution in [0, 0.1) is 5.82 Å². The van der Waals surface area contributed by atoms with E-state index in [4.69, 9.17) is 11.6 Å². The van der Waals surface area contributed by atoms with E-state index >= 15 is 0 Å². The molecular weight excluding hydrogens is 315 g/mol. The van der Waals surface area contributed by atoms with Crippen LogP contribution in [0.4, 0.5) is 4.39 Å². The van der Waals surface area contributed by atoms with Crippen LogP contribution in [0.3, 0.4) is 0 Å². The third-order valence-corrected chi connectivity index (χ3v) is 4.62. The van der Waals surface area contributed by atoms with Crippen molar-refractivity contribution in [1.82, 2.24) is 10.2 Å². The quantitative estimate of drug-likeness (QED) is 0.778. The third kappa shape index (κ3) is 5.57. The lowest BCUT2D eigenvalue weighted by Gasteiger charge is -2.34. The Morgan fingerprint density at radius 2 is 2.13 bits per heavy atom. The lowest BCUT2D eigenvalue weighted by Crippen LogP contribution is -2.44. The lowest BCUT2D eigenvalue weighted by molar-refractivity contribution is 0.181. The summed E-state index contributed by atoms with van der Waals surface area (Å²) in [5, 5.41) is 13.2. The summed E-state index contributed by atoms with van der Waals surface area (Å²) in [6, 6.07) is 4.80. The van der Waals surface area contributed by atoms with Crippen LogP contribution in [0.5, 0.6) is 0 Å². The van der Waals surface area contributed by atoms with Gasteiger partial charge < -0.3 is 10.4 Å². The molecule has 0 aliphatic carbocycles. The first kappa shape index (κ1) is 18.4. The van der Waals surface area contributed by atoms with E-state index in [-0.39, 0.29) is 17.7 Å². The van der Waals surface area contributed by atoms with E-state index in [2.05, 4.69) is 30.1 Å². The molecule has 3 nitrogen and oxygen atoms in total. The number of nitrogens with one attached hydrogen (secondary N) is 1. The van der Waals surface area contributed by atoms with Gasteiger partial charge in [-0.3, -0.25) is 4.90 Å². The van der Waals surface area contributed by atoms with Gasteiger partial charge in [-0.15, -0.1) is 0 Å². The van der Waals surface area contributed by atoms with Gasteiger partial charge in [0.05, 0.1) is 17.7 Å². The molecule has 0 saturated carbocycles. The average molecular weight is 341 g/mol. The van der Waals surface area contributed by atoms with Gasteiger partial charge in [-0.1, -0.05) is 29.3 Å². The summed E-state index contributed by atoms with van der Waals surface area (Å²) in [6.45, 7) is 7.25. The smallest absolute Gasteiger partial charge is 0.142 e. The summed E-state index contributed by atoms with van der Waals surface area (Å²) in [7, 11) is 0. The standard InChI is InChI=1S/C18H26ClFN2O/c1-13(2)5-8-22-9-6-15(7-10-22)21-18(12-23)14-3-4-16(19)17(20)11-14/h3-5,11,15,18,21,23H,6-10,12H2,1-2H3. The van der Waals surface area contributed by atoms with E-state index < -0.39 is 5.82 Å². The molecule has 0 spiro atoms. The first-order valence-corrected chi connectivity index (χ1v) is 8.55. The number of nitrogens with zero attached hydrogens (tertiary/aromatic N) is 1. The van der Waals surface area contributed by atoms with Gasteiger partial charge in [-0.05, 0) is 57.5 Å².